The number of nitrogens with zero attached hydrogens (tertiary/aromatic N) is 2. The first kappa shape index (κ1) is 21.5. The third kappa shape index (κ3) is 4.07. The standard InChI is InChI=1S/C23H31N3O5/c1-15-5-8-17(9-6-15)25(3)20(27)14-26-21(28)23(2,24-22(26)29)16-7-10-18-19(13-16)31-12-4-11-30-18/h7,10,13,15,17H,4-6,8-9,11-12,14H2,1-3H3,(H,24,29). The zero-order valence-electron chi connectivity index (χ0n) is 18.5. The lowest BCUT2D eigenvalue weighted by atomic mass is 9.87. The van der Waals surface area contributed by atoms with Gasteiger partial charge in [0.25, 0.3) is 5.91 Å². The van der Waals surface area contributed by atoms with E-state index in [0.717, 1.165) is 37.0 Å². The molecule has 0 aromatic heterocycles. The van der Waals surface area contributed by atoms with Gasteiger partial charge < -0.3 is 19.7 Å². The van der Waals surface area contributed by atoms with Crippen molar-refractivity contribution in [3.05, 3.63) is 23.8 Å². The van der Waals surface area contributed by atoms with Crippen LogP contribution in [-0.2, 0) is 15.1 Å². The molecule has 1 saturated heterocycles. The quantitative estimate of drug-likeness (QED) is 0.744. The van der Waals surface area contributed by atoms with Gasteiger partial charge in [0, 0.05) is 19.5 Å². The monoisotopic (exact) mass is 429 g/mol. The minimum absolute atomic E-state index is 0.164. The number of rotatable bonds is 4. The van der Waals surface area contributed by atoms with E-state index < -0.39 is 17.5 Å². The number of amides is 4. The minimum atomic E-state index is -1.26. The number of imide groups is 1. The maximum atomic E-state index is 13.3. The van der Waals surface area contributed by atoms with Crippen molar-refractivity contribution in [1.82, 2.24) is 15.1 Å². The number of carbonyl (C=O) groups excluding carboxylic acids is 3. The molecule has 1 aromatic rings. The van der Waals surface area contributed by atoms with Gasteiger partial charge in [-0.05, 0) is 56.2 Å². The second-order valence-corrected chi connectivity index (χ2v) is 9.08. The Morgan fingerprint density at radius 2 is 1.84 bits per heavy atom. The number of hydrogen-bond acceptors (Lipinski definition) is 5. The fourth-order valence-electron chi connectivity index (χ4n) is 4.59. The fraction of sp³-hybridized carbons (Fsp3) is 0.609. The number of nitrogens with one attached hydrogen (secondary N) is 1. The molecule has 2 heterocycles. The molecule has 4 amide bonds. The lowest BCUT2D eigenvalue weighted by Gasteiger charge is -2.34. The second kappa shape index (κ2) is 8.40. The van der Waals surface area contributed by atoms with Crippen molar-refractivity contribution in [3.8, 4) is 11.5 Å². The number of urea groups is 1. The summed E-state index contributed by atoms with van der Waals surface area (Å²) in [5.74, 6) is 1.20. The van der Waals surface area contributed by atoms with Gasteiger partial charge in [0.2, 0.25) is 5.91 Å². The summed E-state index contributed by atoms with van der Waals surface area (Å²) in [4.78, 5) is 41.5. The van der Waals surface area contributed by atoms with Crippen LogP contribution in [0.4, 0.5) is 4.79 Å². The Kier molecular flexibility index (Phi) is 5.81. The highest BCUT2D eigenvalue weighted by Crippen LogP contribution is 2.36. The number of hydrogen-bond donors (Lipinski definition) is 1. The molecule has 1 N–H and O–H groups in total. The third-order valence-corrected chi connectivity index (χ3v) is 6.82. The van der Waals surface area contributed by atoms with Crippen LogP contribution in [-0.4, -0.2) is 60.5 Å². The van der Waals surface area contributed by atoms with Crippen molar-refractivity contribution in [2.24, 2.45) is 5.92 Å². The van der Waals surface area contributed by atoms with Crippen molar-refractivity contribution in [2.75, 3.05) is 26.8 Å². The molecule has 31 heavy (non-hydrogen) atoms. The molecule has 1 saturated carbocycles. The molecule has 4 rings (SSSR count). The van der Waals surface area contributed by atoms with Gasteiger partial charge >= 0.3 is 6.03 Å². The van der Waals surface area contributed by atoms with Crippen molar-refractivity contribution in [2.45, 2.75) is 57.5 Å². The molecule has 1 unspecified atom stereocenters. The van der Waals surface area contributed by atoms with E-state index in [-0.39, 0.29) is 18.5 Å². The van der Waals surface area contributed by atoms with E-state index in [1.54, 1.807) is 37.1 Å². The third-order valence-electron chi connectivity index (χ3n) is 6.82. The lowest BCUT2D eigenvalue weighted by Crippen LogP contribution is -2.47. The predicted octanol–water partition coefficient (Wildman–Crippen LogP) is 2.65. The largest absolute Gasteiger partial charge is 0.490 e. The molecule has 0 radical (unpaired) electrons. The maximum Gasteiger partial charge on any atom is 0.325 e. The molecule has 8 heteroatoms. The number of carbonyl (C=O) groups is 3. The maximum absolute atomic E-state index is 13.3. The molecule has 0 spiro atoms. The van der Waals surface area contributed by atoms with Crippen molar-refractivity contribution >= 4 is 17.8 Å². The molecule has 2 aliphatic heterocycles. The highest BCUT2D eigenvalue weighted by Gasteiger charge is 2.50. The van der Waals surface area contributed by atoms with Gasteiger partial charge in [-0.1, -0.05) is 13.0 Å². The van der Waals surface area contributed by atoms with Gasteiger partial charge in [-0.2, -0.15) is 0 Å². The van der Waals surface area contributed by atoms with Crippen LogP contribution in [0.25, 0.3) is 0 Å². The molecule has 8 nitrogen and oxygen atoms in total. The molecular weight excluding hydrogens is 398 g/mol. The molecule has 168 valence electrons. The smallest absolute Gasteiger partial charge is 0.325 e. The van der Waals surface area contributed by atoms with Gasteiger partial charge in [0.05, 0.1) is 13.2 Å². The van der Waals surface area contributed by atoms with Crippen LogP contribution in [0.15, 0.2) is 18.2 Å². The van der Waals surface area contributed by atoms with Gasteiger partial charge in [-0.25, -0.2) is 4.79 Å². The Morgan fingerprint density at radius 3 is 2.55 bits per heavy atom. The van der Waals surface area contributed by atoms with Gasteiger partial charge in [-0.15, -0.1) is 0 Å². The summed E-state index contributed by atoms with van der Waals surface area (Å²) >= 11 is 0. The Bertz CT molecular complexity index is 880. The number of likely N-dealkylation sites (N-methyl/N-ethyl adjacent to an activating group) is 1. The van der Waals surface area contributed by atoms with Crippen LogP contribution < -0.4 is 14.8 Å². The average molecular weight is 430 g/mol. The first-order valence-electron chi connectivity index (χ1n) is 11.1. The predicted molar refractivity (Wildman–Crippen MR) is 114 cm³/mol. The number of ether oxygens (including phenoxy) is 2. The zero-order chi connectivity index (χ0) is 22.2. The molecule has 0 bridgehead atoms. The SMILES string of the molecule is CC1CCC(N(C)C(=O)CN2C(=O)NC(C)(c3ccc4c(c3)OCCCO4)C2=O)CC1. The summed E-state index contributed by atoms with van der Waals surface area (Å²) in [5.41, 5.74) is -0.666. The van der Waals surface area contributed by atoms with Gasteiger partial charge in [0.15, 0.2) is 11.5 Å². The summed E-state index contributed by atoms with van der Waals surface area (Å²) in [6.45, 7) is 4.73. The zero-order valence-corrected chi connectivity index (χ0v) is 18.5. The van der Waals surface area contributed by atoms with Crippen LogP contribution in [0.2, 0.25) is 0 Å². The summed E-state index contributed by atoms with van der Waals surface area (Å²) in [6.07, 6.45) is 4.87. The average Bonchev–Trinajstić information content (AvgIpc) is 2.93. The first-order valence-corrected chi connectivity index (χ1v) is 11.1. The van der Waals surface area contributed by atoms with E-state index in [9.17, 15) is 14.4 Å². The summed E-state index contributed by atoms with van der Waals surface area (Å²) in [7, 11) is 1.77. The molecular formula is C23H31N3O5. The molecule has 1 aromatic carbocycles. The van der Waals surface area contributed by atoms with Crippen molar-refractivity contribution in [3.63, 3.8) is 0 Å². The Labute approximate surface area is 182 Å². The Morgan fingerprint density at radius 1 is 1.16 bits per heavy atom. The Hall–Kier alpha value is -2.77. The highest BCUT2D eigenvalue weighted by atomic mass is 16.5. The van der Waals surface area contributed by atoms with E-state index in [2.05, 4.69) is 12.2 Å². The normalized spacial score (nSPS) is 28.2. The van der Waals surface area contributed by atoms with Crippen LogP contribution in [0.3, 0.4) is 0 Å². The van der Waals surface area contributed by atoms with Crippen LogP contribution in [0.1, 0.15) is 51.5 Å². The minimum Gasteiger partial charge on any atom is -0.490 e. The van der Waals surface area contributed by atoms with Crippen molar-refractivity contribution in [1.29, 1.82) is 0 Å². The summed E-state index contributed by atoms with van der Waals surface area (Å²) < 4.78 is 11.4. The number of benzene rings is 1. The fourth-order valence-corrected chi connectivity index (χ4v) is 4.59. The highest BCUT2D eigenvalue weighted by molar-refractivity contribution is 6.09. The van der Waals surface area contributed by atoms with E-state index in [4.69, 9.17) is 9.47 Å². The second-order valence-electron chi connectivity index (χ2n) is 9.08. The van der Waals surface area contributed by atoms with E-state index in [0.29, 0.717) is 36.2 Å². The van der Waals surface area contributed by atoms with Gasteiger partial charge in [-0.3, -0.25) is 14.5 Å². The van der Waals surface area contributed by atoms with E-state index in [1.807, 2.05) is 0 Å². The molecule has 2 fully saturated rings. The molecule has 1 aliphatic carbocycles. The number of fused-ring (bicyclic) bond motifs is 1. The topological polar surface area (TPSA) is 88.2 Å². The van der Waals surface area contributed by atoms with Crippen molar-refractivity contribution < 1.29 is 23.9 Å². The first-order chi connectivity index (χ1) is 14.8. The molecule has 1 atom stereocenters. The summed E-state index contributed by atoms with van der Waals surface area (Å²) in [5, 5.41) is 2.77. The Balaban J connectivity index is 1.48. The van der Waals surface area contributed by atoms with Gasteiger partial charge in [0.1, 0.15) is 12.1 Å². The van der Waals surface area contributed by atoms with Crippen LogP contribution in [0.5, 0.6) is 11.5 Å². The summed E-state index contributed by atoms with van der Waals surface area (Å²) in [6, 6.07) is 4.86. The van der Waals surface area contributed by atoms with E-state index >= 15 is 0 Å². The molecule has 3 aliphatic rings. The van der Waals surface area contributed by atoms with Crippen LogP contribution in [0, 0.1) is 5.92 Å². The van der Waals surface area contributed by atoms with Crippen LogP contribution >= 0.6 is 0 Å². The lowest BCUT2D eigenvalue weighted by molar-refractivity contribution is -0.139. The van der Waals surface area contributed by atoms with E-state index in [1.165, 1.54) is 0 Å².